The van der Waals surface area contributed by atoms with Crippen LogP contribution in [0.4, 0.5) is 4.79 Å². The van der Waals surface area contributed by atoms with Gasteiger partial charge in [0, 0.05) is 24.0 Å². The molecule has 2 aromatic heterocycles. The van der Waals surface area contributed by atoms with Gasteiger partial charge in [0.15, 0.2) is 0 Å². The molecule has 0 aromatic carbocycles. The number of thiophene rings is 1. The first-order valence-electron chi connectivity index (χ1n) is 9.49. The van der Waals surface area contributed by atoms with E-state index in [1.165, 1.54) is 18.2 Å². The van der Waals surface area contributed by atoms with Gasteiger partial charge in [-0.1, -0.05) is 24.9 Å². The van der Waals surface area contributed by atoms with E-state index in [2.05, 4.69) is 58.6 Å². The lowest BCUT2D eigenvalue weighted by molar-refractivity contribution is -0.107. The first kappa shape index (κ1) is 20.3. The molecule has 4 heterocycles. The molecule has 152 valence electrons. The van der Waals surface area contributed by atoms with Crippen LogP contribution in [0.3, 0.4) is 0 Å². The van der Waals surface area contributed by atoms with Gasteiger partial charge in [0.05, 0.1) is 29.8 Å². The second-order valence-corrected chi connectivity index (χ2v) is 17.2. The second kappa shape index (κ2) is 7.37. The first-order valence-corrected chi connectivity index (χ1v) is 15.1. The highest BCUT2D eigenvalue weighted by molar-refractivity contribution is 14.1. The number of piperidine rings is 1. The Morgan fingerprint density at radius 3 is 3.00 bits per heavy atom. The minimum Gasteiger partial charge on any atom is -0.465 e. The third-order valence-electron chi connectivity index (χ3n) is 5.38. The van der Waals surface area contributed by atoms with Gasteiger partial charge in [-0.15, -0.1) is 16.4 Å². The van der Waals surface area contributed by atoms with Crippen LogP contribution in [0.15, 0.2) is 12.3 Å². The molecule has 1 amide bonds. The summed E-state index contributed by atoms with van der Waals surface area (Å²) in [5.41, 5.74) is 1.66. The van der Waals surface area contributed by atoms with Crippen LogP contribution in [0.2, 0.25) is 19.6 Å². The van der Waals surface area contributed by atoms with Gasteiger partial charge in [0.2, 0.25) is 0 Å². The van der Waals surface area contributed by atoms with E-state index in [1.54, 1.807) is 11.3 Å². The van der Waals surface area contributed by atoms with Gasteiger partial charge in [-0.05, 0) is 47.1 Å². The molecule has 0 saturated carbocycles. The number of fused-ring (bicyclic) bond motifs is 2. The highest BCUT2D eigenvalue weighted by Gasteiger charge is 2.48. The number of nitrogens with zero attached hydrogens (tertiary/aromatic N) is 4. The molecule has 1 saturated heterocycles. The molecule has 4 rings (SSSR count). The highest BCUT2D eigenvalue weighted by atomic mass is 127. The zero-order valence-electron chi connectivity index (χ0n) is 16.3. The molecule has 2 aliphatic rings. The van der Waals surface area contributed by atoms with Crippen molar-refractivity contribution in [2.75, 3.05) is 13.2 Å². The Morgan fingerprint density at radius 1 is 1.50 bits per heavy atom. The average molecular weight is 532 g/mol. The van der Waals surface area contributed by atoms with Gasteiger partial charge in [0.1, 0.15) is 11.3 Å². The summed E-state index contributed by atoms with van der Waals surface area (Å²) in [6, 6.07) is 1.90. The first-order chi connectivity index (χ1) is 13.2. The van der Waals surface area contributed by atoms with Gasteiger partial charge in [-0.2, -0.15) is 0 Å². The number of halogens is 1. The van der Waals surface area contributed by atoms with Crippen LogP contribution >= 0.6 is 33.9 Å². The fourth-order valence-electron chi connectivity index (χ4n) is 4.23. The highest BCUT2D eigenvalue weighted by Crippen LogP contribution is 2.50. The standard InChI is InChI=1S/C18H25IN4O3SSi/c1-28(2,3)11-22-10-13(20-21-22)14-9-18(5-6-23(14)17(24)25)16-12(4-7-26-18)8-15(19)27-16/h8,10,14H,4-7,9,11H2,1-3H3,(H,24,25)/t14-,18-/m0/s1. The molecule has 2 aromatic rings. The van der Waals surface area contributed by atoms with E-state index in [1.807, 2.05) is 10.9 Å². The van der Waals surface area contributed by atoms with Crippen LogP contribution in [-0.2, 0) is 22.9 Å². The smallest absolute Gasteiger partial charge is 0.407 e. The van der Waals surface area contributed by atoms with E-state index in [4.69, 9.17) is 4.74 Å². The van der Waals surface area contributed by atoms with Crippen LogP contribution in [-0.4, -0.2) is 52.3 Å². The van der Waals surface area contributed by atoms with Crippen molar-refractivity contribution in [2.45, 2.75) is 56.7 Å². The third kappa shape index (κ3) is 3.88. The summed E-state index contributed by atoms with van der Waals surface area (Å²) in [5, 5.41) is 18.5. The lowest BCUT2D eigenvalue weighted by Gasteiger charge is -2.46. The van der Waals surface area contributed by atoms with Gasteiger partial charge in [-0.25, -0.2) is 4.79 Å². The number of carboxylic acid groups (broad SMARTS) is 1. The molecule has 0 radical (unpaired) electrons. The van der Waals surface area contributed by atoms with Crippen LogP contribution in [0.1, 0.15) is 35.0 Å². The summed E-state index contributed by atoms with van der Waals surface area (Å²) < 4.78 is 9.49. The number of hydrogen-bond donors (Lipinski definition) is 1. The van der Waals surface area contributed by atoms with Crippen molar-refractivity contribution in [3.63, 3.8) is 0 Å². The van der Waals surface area contributed by atoms with E-state index in [0.29, 0.717) is 26.0 Å². The molecule has 0 bridgehead atoms. The van der Waals surface area contributed by atoms with E-state index < -0.39 is 19.8 Å². The Bertz CT molecular complexity index is 896. The molecule has 0 unspecified atom stereocenters. The topological polar surface area (TPSA) is 80.5 Å². The Balaban J connectivity index is 1.67. The van der Waals surface area contributed by atoms with Crippen molar-refractivity contribution in [3.8, 4) is 0 Å². The van der Waals surface area contributed by atoms with Crippen molar-refractivity contribution in [2.24, 2.45) is 0 Å². The van der Waals surface area contributed by atoms with Crippen molar-refractivity contribution in [1.82, 2.24) is 19.9 Å². The third-order valence-corrected chi connectivity index (χ3v) is 8.77. The van der Waals surface area contributed by atoms with Gasteiger partial charge in [-0.3, -0.25) is 9.58 Å². The van der Waals surface area contributed by atoms with Crippen molar-refractivity contribution < 1.29 is 14.6 Å². The normalized spacial score (nSPS) is 25.1. The Kier molecular flexibility index (Phi) is 5.34. The molecule has 28 heavy (non-hydrogen) atoms. The molecule has 1 fully saturated rings. The van der Waals surface area contributed by atoms with Crippen molar-refractivity contribution >= 4 is 48.1 Å². The van der Waals surface area contributed by atoms with Crippen LogP contribution in [0.5, 0.6) is 0 Å². The van der Waals surface area contributed by atoms with Gasteiger partial charge >= 0.3 is 6.09 Å². The van der Waals surface area contributed by atoms with Crippen LogP contribution in [0.25, 0.3) is 0 Å². The number of carbonyl (C=O) groups is 1. The Morgan fingerprint density at radius 2 is 2.29 bits per heavy atom. The number of rotatable bonds is 3. The lowest BCUT2D eigenvalue weighted by Crippen LogP contribution is -2.49. The molecule has 7 nitrogen and oxygen atoms in total. The van der Waals surface area contributed by atoms with Crippen molar-refractivity contribution in [3.05, 3.63) is 31.3 Å². The quantitative estimate of drug-likeness (QED) is 0.476. The second-order valence-electron chi connectivity index (χ2n) is 8.85. The Hall–Kier alpha value is -0.983. The summed E-state index contributed by atoms with van der Waals surface area (Å²) in [7, 11) is -1.35. The Labute approximate surface area is 183 Å². The number of likely N-dealkylation sites (tertiary alicyclic amines) is 1. The maximum Gasteiger partial charge on any atom is 0.407 e. The van der Waals surface area contributed by atoms with Crippen LogP contribution < -0.4 is 0 Å². The predicted octanol–water partition coefficient (Wildman–Crippen LogP) is 4.10. The molecule has 10 heteroatoms. The zero-order valence-corrected chi connectivity index (χ0v) is 20.3. The summed E-state index contributed by atoms with van der Waals surface area (Å²) >= 11 is 4.14. The summed E-state index contributed by atoms with van der Waals surface area (Å²) in [6.07, 6.45) is 4.10. The summed E-state index contributed by atoms with van der Waals surface area (Å²) in [6.45, 7) is 7.96. The summed E-state index contributed by atoms with van der Waals surface area (Å²) in [5.74, 6) is 0. The number of aromatic nitrogens is 3. The number of hydrogen-bond acceptors (Lipinski definition) is 5. The number of ether oxygens (including phenoxy) is 1. The van der Waals surface area contributed by atoms with Crippen LogP contribution in [0, 0.1) is 2.88 Å². The molecular weight excluding hydrogens is 507 g/mol. The number of amides is 1. The van der Waals surface area contributed by atoms with E-state index in [-0.39, 0.29) is 6.04 Å². The monoisotopic (exact) mass is 532 g/mol. The van der Waals surface area contributed by atoms with Gasteiger partial charge < -0.3 is 9.84 Å². The SMILES string of the molecule is C[Si](C)(C)Cn1cc([C@@H]2C[C@]3(CCN2C(=O)O)OCCc2cc(I)sc23)nn1. The molecule has 1 spiro atoms. The van der Waals surface area contributed by atoms with E-state index >= 15 is 0 Å². The minimum atomic E-state index is -1.35. The summed E-state index contributed by atoms with van der Waals surface area (Å²) in [4.78, 5) is 14.7. The predicted molar refractivity (Wildman–Crippen MR) is 118 cm³/mol. The zero-order chi connectivity index (χ0) is 20.1. The molecule has 2 atom stereocenters. The minimum absolute atomic E-state index is 0.340. The maximum atomic E-state index is 11.9. The average Bonchev–Trinajstić information content (AvgIpc) is 3.20. The largest absolute Gasteiger partial charge is 0.465 e. The molecular formula is C18H25IN4O3SSi. The molecule has 1 N–H and O–H groups in total. The maximum absolute atomic E-state index is 11.9. The van der Waals surface area contributed by atoms with Gasteiger partial charge in [0.25, 0.3) is 0 Å². The van der Waals surface area contributed by atoms with Crippen molar-refractivity contribution in [1.29, 1.82) is 0 Å². The molecule has 2 aliphatic heterocycles. The fourth-order valence-corrected chi connectivity index (χ4v) is 7.51. The van der Waals surface area contributed by atoms with E-state index in [9.17, 15) is 9.90 Å². The molecule has 0 aliphatic carbocycles. The lowest BCUT2D eigenvalue weighted by atomic mass is 9.81. The fraction of sp³-hybridized carbons (Fsp3) is 0.611. The van der Waals surface area contributed by atoms with E-state index in [0.717, 1.165) is 18.3 Å².